The van der Waals surface area contributed by atoms with Crippen molar-refractivity contribution in [3.8, 4) is 0 Å². The fourth-order valence-corrected chi connectivity index (χ4v) is 7.64. The Morgan fingerprint density at radius 2 is 1.54 bits per heavy atom. The lowest BCUT2D eigenvalue weighted by Crippen LogP contribution is -2.49. The molecule has 8 rings (SSSR count). The number of piperidine rings is 1. The van der Waals surface area contributed by atoms with E-state index in [1.807, 2.05) is 63.2 Å². The van der Waals surface area contributed by atoms with Gasteiger partial charge in [0.05, 0.1) is 29.7 Å². The molecule has 238 valence electrons. The van der Waals surface area contributed by atoms with Gasteiger partial charge in [0.1, 0.15) is 17.8 Å². The number of aliphatic hydroxyl groups is 1. The smallest absolute Gasteiger partial charge is 0.409 e. The van der Waals surface area contributed by atoms with Gasteiger partial charge < -0.3 is 39.2 Å². The first-order valence-electron chi connectivity index (χ1n) is 15.9. The number of fused-ring (bicyclic) bond motifs is 9. The molecule has 0 aliphatic carbocycles. The maximum Gasteiger partial charge on any atom is 0.409 e. The maximum atomic E-state index is 13.3. The highest BCUT2D eigenvalue weighted by Crippen LogP contribution is 2.46. The number of nitrogens with zero attached hydrogens (tertiary/aromatic N) is 3. The number of carbonyl (C=O) groups excluding carboxylic acids is 3. The van der Waals surface area contributed by atoms with E-state index in [0.29, 0.717) is 38.0 Å². The summed E-state index contributed by atoms with van der Waals surface area (Å²) >= 11 is 0. The number of carbonyl (C=O) groups is 3. The van der Waals surface area contributed by atoms with Crippen molar-refractivity contribution in [3.63, 3.8) is 0 Å². The SMILES string of the molecule is CC(C)(C)OC(=O)NC1CCN(C(=O)OCC2(O)Cn3c4ccccc4c4c5c(c6c7ccccc7n(c6c43)C2)C(=O)NC5)CC1. The summed E-state index contributed by atoms with van der Waals surface area (Å²) in [6, 6.07) is 16.0. The molecule has 3 N–H and O–H groups in total. The molecule has 11 nitrogen and oxygen atoms in total. The zero-order valence-corrected chi connectivity index (χ0v) is 26.2. The summed E-state index contributed by atoms with van der Waals surface area (Å²) < 4.78 is 15.5. The minimum Gasteiger partial charge on any atom is -0.446 e. The van der Waals surface area contributed by atoms with Crippen molar-refractivity contribution in [1.82, 2.24) is 24.7 Å². The van der Waals surface area contributed by atoms with E-state index in [-0.39, 0.29) is 31.6 Å². The summed E-state index contributed by atoms with van der Waals surface area (Å²) in [5.74, 6) is -0.0878. The molecule has 0 spiro atoms. The van der Waals surface area contributed by atoms with Gasteiger partial charge in [0.25, 0.3) is 5.91 Å². The second kappa shape index (κ2) is 10.1. The predicted octanol–water partition coefficient (Wildman–Crippen LogP) is 5.02. The standard InChI is InChI=1S/C35H37N5O6/c1-34(2,3)46-32(42)37-20-12-14-38(15-13-20)33(43)45-19-35(44)17-39-24-10-6-4-8-21(24)26-23-16-36-31(41)28(23)27-22-9-5-7-11-25(22)40(18-35)30(27)29(26)39/h4-11,20,44H,12-19H2,1-3H3,(H,36,41)(H,37,42). The van der Waals surface area contributed by atoms with Crippen LogP contribution >= 0.6 is 0 Å². The zero-order valence-electron chi connectivity index (χ0n) is 26.2. The van der Waals surface area contributed by atoms with Crippen LogP contribution in [0.15, 0.2) is 48.5 Å². The van der Waals surface area contributed by atoms with Gasteiger partial charge in [-0.15, -0.1) is 0 Å². The van der Waals surface area contributed by atoms with Crippen LogP contribution in [-0.2, 0) is 29.1 Å². The third-order valence-corrected chi connectivity index (χ3v) is 9.52. The average molecular weight is 624 g/mol. The van der Waals surface area contributed by atoms with Gasteiger partial charge in [-0.05, 0) is 51.3 Å². The number of amides is 3. The summed E-state index contributed by atoms with van der Waals surface area (Å²) in [5, 5.41) is 22.2. The van der Waals surface area contributed by atoms with E-state index in [9.17, 15) is 19.5 Å². The summed E-state index contributed by atoms with van der Waals surface area (Å²) in [6.45, 7) is 6.91. The first-order chi connectivity index (χ1) is 22.0. The van der Waals surface area contributed by atoms with E-state index in [2.05, 4.69) is 25.8 Å². The number of para-hydroxylation sites is 2. The number of benzene rings is 3. The molecular weight excluding hydrogens is 586 g/mol. The molecule has 46 heavy (non-hydrogen) atoms. The van der Waals surface area contributed by atoms with Gasteiger partial charge in [0.2, 0.25) is 0 Å². The normalized spacial score (nSPS) is 20.0. The number of rotatable bonds is 3. The minimum atomic E-state index is -1.44. The van der Waals surface area contributed by atoms with E-state index >= 15 is 0 Å². The lowest BCUT2D eigenvalue weighted by atomic mass is 9.97. The second-order valence-corrected chi connectivity index (χ2v) is 13.9. The number of hydrogen-bond donors (Lipinski definition) is 3. The van der Waals surface area contributed by atoms with Crippen LogP contribution in [0, 0.1) is 0 Å². The Labute approximate surface area is 265 Å². The highest BCUT2D eigenvalue weighted by molar-refractivity contribution is 6.30. The van der Waals surface area contributed by atoms with Crippen molar-refractivity contribution in [2.45, 2.75) is 70.5 Å². The Hall–Kier alpha value is -4.77. The Kier molecular flexibility index (Phi) is 6.31. The van der Waals surface area contributed by atoms with Crippen molar-refractivity contribution in [3.05, 3.63) is 59.7 Å². The minimum absolute atomic E-state index is 0.0878. The van der Waals surface area contributed by atoms with Gasteiger partial charge in [-0.1, -0.05) is 36.4 Å². The van der Waals surface area contributed by atoms with Gasteiger partial charge >= 0.3 is 12.2 Å². The molecule has 1 fully saturated rings. The van der Waals surface area contributed by atoms with Crippen LogP contribution in [0.5, 0.6) is 0 Å². The summed E-state index contributed by atoms with van der Waals surface area (Å²) in [6.07, 6.45) is 0.195. The number of alkyl carbamates (subject to hydrolysis) is 1. The molecule has 0 bridgehead atoms. The molecular formula is C35H37N5O6. The van der Waals surface area contributed by atoms with Crippen LogP contribution in [0.3, 0.4) is 0 Å². The summed E-state index contributed by atoms with van der Waals surface area (Å²) in [5.41, 5.74) is 3.40. The van der Waals surface area contributed by atoms with Crippen LogP contribution in [0.25, 0.3) is 43.6 Å². The molecule has 5 heterocycles. The van der Waals surface area contributed by atoms with Crippen LogP contribution in [0.4, 0.5) is 9.59 Å². The van der Waals surface area contributed by atoms with E-state index in [4.69, 9.17) is 9.47 Å². The van der Waals surface area contributed by atoms with Crippen molar-refractivity contribution in [2.24, 2.45) is 0 Å². The first kappa shape index (κ1) is 28.7. The molecule has 3 amide bonds. The molecule has 0 radical (unpaired) electrons. The molecule has 3 aromatic carbocycles. The van der Waals surface area contributed by atoms with E-state index < -0.39 is 23.4 Å². The Morgan fingerprint density at radius 3 is 2.17 bits per heavy atom. The number of nitrogens with one attached hydrogen (secondary N) is 2. The third-order valence-electron chi connectivity index (χ3n) is 9.52. The fraction of sp³-hybridized carbons (Fsp3) is 0.400. The molecule has 5 aromatic rings. The highest BCUT2D eigenvalue weighted by Gasteiger charge is 2.40. The van der Waals surface area contributed by atoms with Crippen molar-refractivity contribution in [2.75, 3.05) is 19.7 Å². The number of aromatic nitrogens is 2. The van der Waals surface area contributed by atoms with Crippen LogP contribution < -0.4 is 10.6 Å². The highest BCUT2D eigenvalue weighted by atomic mass is 16.6. The first-order valence-corrected chi connectivity index (χ1v) is 15.9. The average Bonchev–Trinajstić information content (AvgIpc) is 3.62. The van der Waals surface area contributed by atoms with Crippen LogP contribution in [-0.4, -0.2) is 74.2 Å². The third kappa shape index (κ3) is 4.47. The second-order valence-electron chi connectivity index (χ2n) is 13.9. The molecule has 1 saturated heterocycles. The molecule has 3 aliphatic rings. The molecule has 11 heteroatoms. The monoisotopic (exact) mass is 623 g/mol. The van der Waals surface area contributed by atoms with Gasteiger partial charge in [0, 0.05) is 58.3 Å². The molecule has 0 saturated carbocycles. The lowest BCUT2D eigenvalue weighted by Gasteiger charge is -2.33. The summed E-state index contributed by atoms with van der Waals surface area (Å²) in [7, 11) is 0. The van der Waals surface area contributed by atoms with E-state index in [1.165, 1.54) is 0 Å². The Bertz CT molecular complexity index is 2100. The number of hydrogen-bond acceptors (Lipinski definition) is 6. The molecule has 1 unspecified atom stereocenters. The van der Waals surface area contributed by atoms with Crippen molar-refractivity contribution >= 4 is 61.7 Å². The van der Waals surface area contributed by atoms with E-state index in [0.717, 1.165) is 49.2 Å². The Balaban J connectivity index is 1.12. The van der Waals surface area contributed by atoms with Crippen LogP contribution in [0.2, 0.25) is 0 Å². The molecule has 3 aliphatic heterocycles. The topological polar surface area (TPSA) is 127 Å². The van der Waals surface area contributed by atoms with Gasteiger partial charge in [-0.2, -0.15) is 0 Å². The van der Waals surface area contributed by atoms with Gasteiger partial charge in [-0.3, -0.25) is 4.79 Å². The number of ether oxygens (including phenoxy) is 2. The van der Waals surface area contributed by atoms with Gasteiger partial charge in [-0.25, -0.2) is 9.59 Å². The predicted molar refractivity (Wildman–Crippen MR) is 174 cm³/mol. The zero-order chi connectivity index (χ0) is 32.0. The summed E-state index contributed by atoms with van der Waals surface area (Å²) in [4.78, 5) is 40.5. The van der Waals surface area contributed by atoms with E-state index in [1.54, 1.807) is 4.90 Å². The van der Waals surface area contributed by atoms with Crippen molar-refractivity contribution < 1.29 is 29.0 Å². The largest absolute Gasteiger partial charge is 0.446 e. The molecule has 2 aromatic heterocycles. The van der Waals surface area contributed by atoms with Crippen LogP contribution in [0.1, 0.15) is 49.5 Å². The quantitative estimate of drug-likeness (QED) is 0.259. The fourth-order valence-electron chi connectivity index (χ4n) is 7.64. The Morgan fingerprint density at radius 1 is 0.957 bits per heavy atom. The lowest BCUT2D eigenvalue weighted by molar-refractivity contribution is -0.0494. The maximum absolute atomic E-state index is 13.3. The van der Waals surface area contributed by atoms with Crippen molar-refractivity contribution in [1.29, 1.82) is 0 Å². The number of likely N-dealkylation sites (tertiary alicyclic amines) is 1. The van der Waals surface area contributed by atoms with Gasteiger partial charge in [0.15, 0.2) is 0 Å². The molecule has 1 atom stereocenters.